The van der Waals surface area contributed by atoms with E-state index in [9.17, 15) is 9.90 Å². The fourth-order valence-corrected chi connectivity index (χ4v) is 3.52. The minimum Gasteiger partial charge on any atom is -0.493 e. The Morgan fingerprint density at radius 3 is 2.78 bits per heavy atom. The number of esters is 1. The smallest absolute Gasteiger partial charge is 0.338 e. The van der Waals surface area contributed by atoms with Gasteiger partial charge in [0.1, 0.15) is 12.3 Å². The van der Waals surface area contributed by atoms with Crippen molar-refractivity contribution in [2.75, 3.05) is 0 Å². The Labute approximate surface area is 158 Å². The van der Waals surface area contributed by atoms with Crippen molar-refractivity contribution >= 4 is 30.3 Å². The number of carbonyl (C=O) groups is 1. The van der Waals surface area contributed by atoms with Crippen molar-refractivity contribution in [3.8, 4) is 17.0 Å². The molecule has 2 aliphatic heterocycles. The molecule has 3 aromatic rings. The topological polar surface area (TPSA) is 90.5 Å². The molecule has 0 unspecified atom stereocenters. The quantitative estimate of drug-likeness (QED) is 0.474. The Balaban J connectivity index is 1.55. The molecular weight excluding hydrogens is 362 g/mol. The van der Waals surface area contributed by atoms with Crippen LogP contribution in [0.5, 0.6) is 5.88 Å². The van der Waals surface area contributed by atoms with Gasteiger partial charge < -0.3 is 19.8 Å². The summed E-state index contributed by atoms with van der Waals surface area (Å²) in [5, 5.41) is 11.7. The molecule has 0 atom stereocenters. The second-order valence-corrected chi connectivity index (χ2v) is 6.80. The zero-order valence-corrected chi connectivity index (χ0v) is 14.8. The predicted octanol–water partition coefficient (Wildman–Crippen LogP) is 2.57. The van der Waals surface area contributed by atoms with Crippen LogP contribution in [0, 0.1) is 4.77 Å². The third-order valence-electron chi connectivity index (χ3n) is 4.63. The Bertz CT molecular complexity index is 1330. The van der Waals surface area contributed by atoms with E-state index in [0.29, 0.717) is 22.6 Å². The van der Waals surface area contributed by atoms with E-state index in [1.54, 1.807) is 6.08 Å². The monoisotopic (exact) mass is 375 g/mol. The molecule has 1 aromatic heterocycles. The zero-order valence-electron chi connectivity index (χ0n) is 13.9. The minimum absolute atomic E-state index is 0.0114. The van der Waals surface area contributed by atoms with E-state index in [-0.39, 0.29) is 11.8 Å². The average Bonchev–Trinajstić information content (AvgIpc) is 3.31. The van der Waals surface area contributed by atoms with E-state index in [4.69, 9.17) is 17.0 Å². The minimum atomic E-state index is -0.264. The largest absolute Gasteiger partial charge is 0.493 e. The van der Waals surface area contributed by atoms with Crippen molar-refractivity contribution in [2.45, 2.75) is 6.61 Å². The normalized spacial score (nSPS) is 15.9. The van der Waals surface area contributed by atoms with E-state index in [2.05, 4.69) is 21.0 Å². The van der Waals surface area contributed by atoms with Gasteiger partial charge in [-0.3, -0.25) is 0 Å². The van der Waals surface area contributed by atoms with Gasteiger partial charge in [-0.2, -0.15) is 0 Å². The maximum absolute atomic E-state index is 11.6. The third kappa shape index (κ3) is 2.69. The van der Waals surface area contributed by atoms with Crippen molar-refractivity contribution in [3.63, 3.8) is 0 Å². The average molecular weight is 375 g/mol. The predicted molar refractivity (Wildman–Crippen MR) is 102 cm³/mol. The first-order valence-electron chi connectivity index (χ1n) is 8.31. The molecule has 7 heteroatoms. The van der Waals surface area contributed by atoms with Crippen molar-refractivity contribution in [2.24, 2.45) is 4.99 Å². The lowest BCUT2D eigenvalue weighted by Crippen LogP contribution is -2.20. The highest BCUT2D eigenvalue weighted by Gasteiger charge is 2.21. The van der Waals surface area contributed by atoms with Gasteiger partial charge in [0.05, 0.1) is 16.6 Å². The second kappa shape index (κ2) is 5.78. The number of nitrogens with one attached hydrogen (secondary N) is 2. The number of H-pyrrole nitrogens is 2. The van der Waals surface area contributed by atoms with Gasteiger partial charge in [-0.05, 0) is 59.8 Å². The molecule has 0 amide bonds. The molecule has 0 saturated heterocycles. The fourth-order valence-electron chi connectivity index (χ4n) is 3.31. The summed E-state index contributed by atoms with van der Waals surface area (Å²) in [6, 6.07) is 11.7. The summed E-state index contributed by atoms with van der Waals surface area (Å²) in [6.07, 6.45) is 3.68. The molecule has 3 N–H and O–H groups in total. The van der Waals surface area contributed by atoms with Gasteiger partial charge in [0, 0.05) is 10.8 Å². The van der Waals surface area contributed by atoms with Crippen molar-refractivity contribution in [3.05, 3.63) is 74.3 Å². The van der Waals surface area contributed by atoms with Crippen molar-refractivity contribution in [1.82, 2.24) is 9.97 Å². The van der Waals surface area contributed by atoms with Crippen molar-refractivity contribution < 1.29 is 14.6 Å². The Hall–Kier alpha value is -3.45. The number of benzene rings is 2. The van der Waals surface area contributed by atoms with Crippen LogP contribution in [0.3, 0.4) is 0 Å². The van der Waals surface area contributed by atoms with Crippen LogP contribution in [0.25, 0.3) is 23.3 Å². The fraction of sp³-hybridized carbons (Fsp3) is 0.0500. The highest BCUT2D eigenvalue weighted by molar-refractivity contribution is 7.71. The number of allylic oxidation sites excluding steroid dienone is 1. The van der Waals surface area contributed by atoms with E-state index in [1.165, 1.54) is 0 Å². The number of ether oxygens (including phenoxy) is 1. The first-order chi connectivity index (χ1) is 13.1. The number of carbonyl (C=O) groups excluding carboxylic acids is 1. The number of imidazole rings is 1. The number of hydrogen-bond acceptors (Lipinski definition) is 5. The molecule has 0 fully saturated rings. The Kier molecular flexibility index (Phi) is 3.38. The van der Waals surface area contributed by atoms with E-state index in [0.717, 1.165) is 33.0 Å². The maximum atomic E-state index is 11.6. The number of aromatic nitrogens is 2. The van der Waals surface area contributed by atoms with Crippen LogP contribution in [0.1, 0.15) is 21.6 Å². The summed E-state index contributed by atoms with van der Waals surface area (Å²) < 4.78 is 5.43. The van der Waals surface area contributed by atoms with Crippen LogP contribution < -0.4 is 10.6 Å². The van der Waals surface area contributed by atoms with E-state index in [1.807, 2.05) is 36.4 Å². The maximum Gasteiger partial charge on any atom is 0.338 e. The summed E-state index contributed by atoms with van der Waals surface area (Å²) >= 11 is 4.97. The van der Waals surface area contributed by atoms with E-state index >= 15 is 0 Å². The number of cyclic esters (lactones) is 1. The lowest BCUT2D eigenvalue weighted by molar-refractivity contribution is 0.0535. The summed E-state index contributed by atoms with van der Waals surface area (Å²) in [5.41, 5.74) is 4.81. The number of hydrogen-bond donors (Lipinski definition) is 3. The second-order valence-electron chi connectivity index (χ2n) is 6.39. The molecule has 0 bridgehead atoms. The number of aromatic amines is 2. The van der Waals surface area contributed by atoms with Gasteiger partial charge in [0.15, 0.2) is 4.77 Å². The summed E-state index contributed by atoms with van der Waals surface area (Å²) in [5.74, 6) is -0.276. The summed E-state index contributed by atoms with van der Waals surface area (Å²) in [4.78, 5) is 21.7. The van der Waals surface area contributed by atoms with Crippen LogP contribution in [0.15, 0.2) is 47.1 Å². The lowest BCUT2D eigenvalue weighted by Gasteiger charge is -2.03. The van der Waals surface area contributed by atoms with Gasteiger partial charge >= 0.3 is 5.97 Å². The zero-order chi connectivity index (χ0) is 18.5. The number of nitrogens with zero attached hydrogens (tertiary/aromatic N) is 1. The molecule has 3 heterocycles. The SMILES string of the molecule is O=C1OCc2cc(-c3ccc4c(c3)=C/C(=C/c3[nH]c(=S)[nH]c3O)N=4)ccc21. The Morgan fingerprint density at radius 1 is 1.15 bits per heavy atom. The first kappa shape index (κ1) is 15.8. The highest BCUT2D eigenvalue weighted by Crippen LogP contribution is 2.26. The number of aromatic hydroxyl groups is 1. The first-order valence-corrected chi connectivity index (χ1v) is 8.71. The molecule has 0 spiro atoms. The van der Waals surface area contributed by atoms with Crippen LogP contribution in [0.4, 0.5) is 0 Å². The number of rotatable bonds is 2. The standard InChI is InChI=1S/C20H13N3O3S/c24-18-17(22-20(27)23-18)8-14-7-12-5-11(2-4-16(12)21-14)10-1-3-15-13(6-10)9-26-19(15)25/h1-8,24H,9H2,(H2,22,23,27)/b14-8-. The van der Waals surface area contributed by atoms with Crippen molar-refractivity contribution in [1.29, 1.82) is 0 Å². The van der Waals surface area contributed by atoms with Crippen LogP contribution in [-0.4, -0.2) is 21.0 Å². The molecule has 27 heavy (non-hydrogen) atoms. The van der Waals surface area contributed by atoms with Crippen LogP contribution in [-0.2, 0) is 11.3 Å². The molecule has 0 saturated carbocycles. The summed E-state index contributed by atoms with van der Waals surface area (Å²) in [6.45, 7) is 0.322. The molecular formula is C20H13N3O3S. The van der Waals surface area contributed by atoms with Gasteiger partial charge in [0.25, 0.3) is 0 Å². The molecule has 132 valence electrons. The molecule has 2 aliphatic rings. The Morgan fingerprint density at radius 2 is 1.96 bits per heavy atom. The summed E-state index contributed by atoms with van der Waals surface area (Å²) in [7, 11) is 0. The number of fused-ring (bicyclic) bond motifs is 2. The van der Waals surface area contributed by atoms with Gasteiger partial charge in [-0.1, -0.05) is 12.1 Å². The van der Waals surface area contributed by atoms with Crippen LogP contribution in [0.2, 0.25) is 0 Å². The molecule has 0 aliphatic carbocycles. The molecule has 2 aromatic carbocycles. The van der Waals surface area contributed by atoms with Gasteiger partial charge in [0.2, 0.25) is 5.88 Å². The molecule has 0 radical (unpaired) electrons. The van der Waals surface area contributed by atoms with E-state index < -0.39 is 0 Å². The van der Waals surface area contributed by atoms with Gasteiger partial charge in [-0.15, -0.1) is 0 Å². The lowest BCUT2D eigenvalue weighted by atomic mass is 10.00. The molecule has 6 nitrogen and oxygen atoms in total. The third-order valence-corrected chi connectivity index (χ3v) is 4.83. The highest BCUT2D eigenvalue weighted by atomic mass is 32.1. The van der Waals surface area contributed by atoms with Crippen LogP contribution >= 0.6 is 12.2 Å². The molecule has 5 rings (SSSR count). The van der Waals surface area contributed by atoms with Gasteiger partial charge in [-0.25, -0.2) is 9.79 Å².